The third kappa shape index (κ3) is 3.15. The molecule has 134 valence electrons. The molecule has 4 rings (SSSR count). The van der Waals surface area contributed by atoms with Gasteiger partial charge in [-0.05, 0) is 49.2 Å². The Bertz CT molecular complexity index is 951. The molecular formula is C20H20BrN3O2. The van der Waals surface area contributed by atoms with Gasteiger partial charge < -0.3 is 14.0 Å². The van der Waals surface area contributed by atoms with Gasteiger partial charge in [-0.15, -0.1) is 0 Å². The SMILES string of the molecule is Cc1ccn2cc(C(=O)N3CCO[C@H](c4ccc(Br)cc4)[C@H]3C)nc2c1. The van der Waals surface area contributed by atoms with Gasteiger partial charge in [-0.25, -0.2) is 4.98 Å². The maximum absolute atomic E-state index is 13.1. The lowest BCUT2D eigenvalue weighted by Gasteiger charge is -2.39. The van der Waals surface area contributed by atoms with E-state index in [0.29, 0.717) is 18.8 Å². The minimum atomic E-state index is -0.139. The van der Waals surface area contributed by atoms with Crippen molar-refractivity contribution in [2.24, 2.45) is 0 Å². The second-order valence-corrected chi connectivity index (χ2v) is 7.59. The fourth-order valence-electron chi connectivity index (χ4n) is 3.43. The van der Waals surface area contributed by atoms with Gasteiger partial charge >= 0.3 is 0 Å². The Balaban J connectivity index is 1.60. The molecule has 0 N–H and O–H groups in total. The van der Waals surface area contributed by atoms with Crippen molar-refractivity contribution in [3.63, 3.8) is 0 Å². The van der Waals surface area contributed by atoms with Gasteiger partial charge in [-0.1, -0.05) is 28.1 Å². The number of halogens is 1. The smallest absolute Gasteiger partial charge is 0.274 e. The number of aryl methyl sites for hydroxylation is 1. The maximum atomic E-state index is 13.1. The molecule has 1 aliphatic rings. The monoisotopic (exact) mass is 413 g/mol. The number of ether oxygens (including phenoxy) is 1. The second kappa shape index (κ2) is 6.85. The van der Waals surface area contributed by atoms with Crippen LogP contribution in [0.5, 0.6) is 0 Å². The van der Waals surface area contributed by atoms with Gasteiger partial charge in [0.25, 0.3) is 5.91 Å². The Labute approximate surface area is 160 Å². The van der Waals surface area contributed by atoms with Gasteiger partial charge in [0.2, 0.25) is 0 Å². The van der Waals surface area contributed by atoms with Crippen LogP contribution in [0.1, 0.15) is 34.6 Å². The molecule has 0 aliphatic carbocycles. The van der Waals surface area contributed by atoms with E-state index in [1.807, 2.05) is 65.7 Å². The predicted molar refractivity (Wildman–Crippen MR) is 103 cm³/mol. The van der Waals surface area contributed by atoms with Crippen LogP contribution in [0.25, 0.3) is 5.65 Å². The molecule has 3 aromatic rings. The van der Waals surface area contributed by atoms with E-state index in [2.05, 4.69) is 20.9 Å². The van der Waals surface area contributed by atoms with Gasteiger partial charge in [0.15, 0.2) is 0 Å². The van der Waals surface area contributed by atoms with E-state index in [1.54, 1.807) is 6.20 Å². The third-order valence-corrected chi connectivity index (χ3v) is 5.38. The molecule has 0 saturated carbocycles. The highest BCUT2D eigenvalue weighted by Gasteiger charge is 2.34. The quantitative estimate of drug-likeness (QED) is 0.637. The summed E-state index contributed by atoms with van der Waals surface area (Å²) >= 11 is 3.46. The molecule has 1 fully saturated rings. The minimum absolute atomic E-state index is 0.0516. The first-order valence-electron chi connectivity index (χ1n) is 8.66. The van der Waals surface area contributed by atoms with Crippen LogP contribution in [-0.4, -0.2) is 39.4 Å². The Morgan fingerprint density at radius 3 is 2.81 bits per heavy atom. The lowest BCUT2D eigenvalue weighted by Crippen LogP contribution is -2.48. The van der Waals surface area contributed by atoms with Crippen LogP contribution in [0.3, 0.4) is 0 Å². The number of benzene rings is 1. The Morgan fingerprint density at radius 2 is 2.04 bits per heavy atom. The molecule has 2 aromatic heterocycles. The summed E-state index contributed by atoms with van der Waals surface area (Å²) < 4.78 is 8.88. The number of amides is 1. The number of hydrogen-bond acceptors (Lipinski definition) is 3. The van der Waals surface area contributed by atoms with E-state index >= 15 is 0 Å². The summed E-state index contributed by atoms with van der Waals surface area (Å²) in [7, 11) is 0. The van der Waals surface area contributed by atoms with Crippen molar-refractivity contribution >= 4 is 27.5 Å². The summed E-state index contributed by atoms with van der Waals surface area (Å²) in [5.41, 5.74) is 3.46. The number of imidazole rings is 1. The van der Waals surface area contributed by atoms with E-state index in [-0.39, 0.29) is 18.1 Å². The molecule has 1 saturated heterocycles. The van der Waals surface area contributed by atoms with Crippen molar-refractivity contribution in [1.29, 1.82) is 0 Å². The van der Waals surface area contributed by atoms with E-state index in [4.69, 9.17) is 4.74 Å². The molecule has 1 aromatic carbocycles. The number of carbonyl (C=O) groups excluding carboxylic acids is 1. The van der Waals surface area contributed by atoms with E-state index < -0.39 is 0 Å². The van der Waals surface area contributed by atoms with Crippen molar-refractivity contribution in [2.75, 3.05) is 13.2 Å². The standard InChI is InChI=1S/C20H20BrN3O2/c1-13-7-8-23-12-17(22-18(23)11-13)20(25)24-9-10-26-19(14(24)2)15-3-5-16(21)6-4-15/h3-8,11-12,14,19H,9-10H2,1-2H3/t14-,19+/m1/s1. The van der Waals surface area contributed by atoms with Crippen molar-refractivity contribution < 1.29 is 9.53 Å². The number of rotatable bonds is 2. The topological polar surface area (TPSA) is 46.8 Å². The van der Waals surface area contributed by atoms with Gasteiger partial charge in [0.05, 0.1) is 12.6 Å². The first-order chi connectivity index (χ1) is 12.5. The zero-order valence-corrected chi connectivity index (χ0v) is 16.3. The largest absolute Gasteiger partial charge is 0.370 e. The highest BCUT2D eigenvalue weighted by Crippen LogP contribution is 2.30. The van der Waals surface area contributed by atoms with Crippen LogP contribution < -0.4 is 0 Å². The van der Waals surface area contributed by atoms with E-state index in [9.17, 15) is 4.79 Å². The van der Waals surface area contributed by atoms with Crippen molar-refractivity contribution in [3.05, 3.63) is 70.1 Å². The molecule has 3 heterocycles. The highest BCUT2D eigenvalue weighted by molar-refractivity contribution is 9.10. The molecule has 0 spiro atoms. The summed E-state index contributed by atoms with van der Waals surface area (Å²) in [6, 6.07) is 12.0. The predicted octanol–water partition coefficient (Wildman–Crippen LogP) is 4.01. The van der Waals surface area contributed by atoms with Crippen molar-refractivity contribution in [1.82, 2.24) is 14.3 Å². The lowest BCUT2D eigenvalue weighted by molar-refractivity contribution is -0.0553. The number of nitrogens with zero attached hydrogens (tertiary/aromatic N) is 3. The molecule has 1 amide bonds. The third-order valence-electron chi connectivity index (χ3n) is 4.85. The molecule has 26 heavy (non-hydrogen) atoms. The number of carbonyl (C=O) groups is 1. The van der Waals surface area contributed by atoms with E-state index in [1.165, 1.54) is 0 Å². The van der Waals surface area contributed by atoms with Crippen molar-refractivity contribution in [3.8, 4) is 0 Å². The van der Waals surface area contributed by atoms with Crippen LogP contribution in [0, 0.1) is 6.92 Å². The van der Waals surface area contributed by atoms with Crippen LogP contribution in [0.4, 0.5) is 0 Å². The summed E-state index contributed by atoms with van der Waals surface area (Å²) in [5, 5.41) is 0. The number of aromatic nitrogens is 2. The Kier molecular flexibility index (Phi) is 4.54. The molecule has 0 unspecified atom stereocenters. The Hall–Kier alpha value is -2.18. The zero-order chi connectivity index (χ0) is 18.3. The van der Waals surface area contributed by atoms with Crippen LogP contribution >= 0.6 is 15.9 Å². The molecular weight excluding hydrogens is 394 g/mol. The first-order valence-corrected chi connectivity index (χ1v) is 9.45. The Morgan fingerprint density at radius 1 is 1.27 bits per heavy atom. The summed E-state index contributed by atoms with van der Waals surface area (Å²) in [5.74, 6) is -0.0516. The van der Waals surface area contributed by atoms with Gasteiger partial charge in [-0.2, -0.15) is 0 Å². The van der Waals surface area contributed by atoms with E-state index in [0.717, 1.165) is 21.2 Å². The number of hydrogen-bond donors (Lipinski definition) is 0. The highest BCUT2D eigenvalue weighted by atomic mass is 79.9. The number of fused-ring (bicyclic) bond motifs is 1. The molecule has 0 bridgehead atoms. The molecule has 1 aliphatic heterocycles. The molecule has 2 atom stereocenters. The number of morpholine rings is 1. The van der Waals surface area contributed by atoms with Crippen LogP contribution in [-0.2, 0) is 4.74 Å². The molecule has 6 heteroatoms. The number of pyridine rings is 1. The average molecular weight is 414 g/mol. The van der Waals surface area contributed by atoms with Crippen LogP contribution in [0.15, 0.2) is 53.3 Å². The molecule has 5 nitrogen and oxygen atoms in total. The molecule has 0 radical (unpaired) electrons. The van der Waals surface area contributed by atoms with Crippen LogP contribution in [0.2, 0.25) is 0 Å². The first kappa shape index (κ1) is 17.2. The maximum Gasteiger partial charge on any atom is 0.274 e. The average Bonchev–Trinajstić information content (AvgIpc) is 3.05. The fraction of sp³-hybridized carbons (Fsp3) is 0.300. The van der Waals surface area contributed by atoms with Crippen molar-refractivity contribution in [2.45, 2.75) is 26.0 Å². The van der Waals surface area contributed by atoms with Gasteiger partial charge in [0.1, 0.15) is 17.4 Å². The second-order valence-electron chi connectivity index (χ2n) is 6.68. The fourth-order valence-corrected chi connectivity index (χ4v) is 3.70. The zero-order valence-electron chi connectivity index (χ0n) is 14.7. The van der Waals surface area contributed by atoms with Gasteiger partial charge in [0, 0.05) is 23.4 Å². The minimum Gasteiger partial charge on any atom is -0.370 e. The normalized spacial score (nSPS) is 20.5. The van der Waals surface area contributed by atoms with Gasteiger partial charge in [-0.3, -0.25) is 4.79 Å². The summed E-state index contributed by atoms with van der Waals surface area (Å²) in [4.78, 5) is 19.5. The lowest BCUT2D eigenvalue weighted by atomic mass is 10.0. The summed E-state index contributed by atoms with van der Waals surface area (Å²) in [6.45, 7) is 5.13. The summed E-state index contributed by atoms with van der Waals surface area (Å²) in [6.07, 6.45) is 3.59.